The number of aromatic hydroxyl groups is 1. The van der Waals surface area contributed by atoms with E-state index in [2.05, 4.69) is 10.3 Å². The molecule has 0 aliphatic carbocycles. The third-order valence-electron chi connectivity index (χ3n) is 3.91. The Labute approximate surface area is 144 Å². The molecule has 1 aromatic carbocycles. The summed E-state index contributed by atoms with van der Waals surface area (Å²) >= 11 is 0. The molecule has 2 heterocycles. The SMILES string of the molecule is COc1cc(-c2nc(CNC(=O)c3cccn3C)c(C)o2)ccc1O. The second-order valence-corrected chi connectivity index (χ2v) is 5.60. The van der Waals surface area contributed by atoms with Gasteiger partial charge in [-0.1, -0.05) is 0 Å². The first kappa shape index (κ1) is 16.6. The van der Waals surface area contributed by atoms with Crippen LogP contribution in [0.2, 0.25) is 0 Å². The van der Waals surface area contributed by atoms with Gasteiger partial charge in [-0.2, -0.15) is 0 Å². The maximum absolute atomic E-state index is 12.2. The topological polar surface area (TPSA) is 89.5 Å². The van der Waals surface area contributed by atoms with Crippen LogP contribution in [0.15, 0.2) is 40.9 Å². The number of hydrogen-bond acceptors (Lipinski definition) is 5. The van der Waals surface area contributed by atoms with E-state index in [1.807, 2.05) is 19.3 Å². The average molecular weight is 341 g/mol. The summed E-state index contributed by atoms with van der Waals surface area (Å²) in [6, 6.07) is 8.42. The van der Waals surface area contributed by atoms with Gasteiger partial charge < -0.3 is 24.1 Å². The molecule has 130 valence electrons. The molecule has 3 aromatic rings. The van der Waals surface area contributed by atoms with E-state index in [4.69, 9.17) is 9.15 Å². The van der Waals surface area contributed by atoms with E-state index in [1.165, 1.54) is 13.2 Å². The molecule has 0 radical (unpaired) electrons. The molecule has 0 aliphatic rings. The Morgan fingerprint density at radius 2 is 2.20 bits per heavy atom. The summed E-state index contributed by atoms with van der Waals surface area (Å²) < 4.78 is 12.5. The van der Waals surface area contributed by atoms with Gasteiger partial charge in [-0.15, -0.1) is 0 Å². The lowest BCUT2D eigenvalue weighted by Gasteiger charge is -2.04. The molecule has 0 unspecified atom stereocenters. The van der Waals surface area contributed by atoms with Crippen LogP contribution in [0.3, 0.4) is 0 Å². The van der Waals surface area contributed by atoms with Crippen LogP contribution in [-0.2, 0) is 13.6 Å². The van der Waals surface area contributed by atoms with E-state index in [0.717, 1.165) is 0 Å². The highest BCUT2D eigenvalue weighted by molar-refractivity contribution is 5.92. The van der Waals surface area contributed by atoms with Crippen LogP contribution in [0.25, 0.3) is 11.5 Å². The first-order valence-corrected chi connectivity index (χ1v) is 7.73. The summed E-state index contributed by atoms with van der Waals surface area (Å²) in [5, 5.41) is 12.5. The molecule has 2 N–H and O–H groups in total. The molecule has 0 fully saturated rings. The number of methoxy groups -OCH3 is 1. The molecule has 0 aliphatic heterocycles. The van der Waals surface area contributed by atoms with Crippen LogP contribution in [-0.4, -0.2) is 27.7 Å². The standard InChI is InChI=1S/C18H19N3O4/c1-11-13(10-19-17(23)14-5-4-8-21(14)2)20-18(25-11)12-6-7-15(22)16(9-12)24-3/h4-9,22H,10H2,1-3H3,(H,19,23). The summed E-state index contributed by atoms with van der Waals surface area (Å²) in [5.74, 6) is 1.23. The molecule has 0 spiro atoms. The number of hydrogen-bond donors (Lipinski definition) is 2. The third kappa shape index (κ3) is 3.35. The summed E-state index contributed by atoms with van der Waals surface area (Å²) in [6.45, 7) is 2.05. The quantitative estimate of drug-likeness (QED) is 0.745. The summed E-state index contributed by atoms with van der Waals surface area (Å²) in [7, 11) is 3.29. The molecule has 0 saturated heterocycles. The Balaban J connectivity index is 1.76. The fourth-order valence-corrected chi connectivity index (χ4v) is 2.48. The molecule has 0 bridgehead atoms. The number of phenolic OH excluding ortho intramolecular Hbond substituents is 1. The lowest BCUT2D eigenvalue weighted by atomic mass is 10.2. The van der Waals surface area contributed by atoms with Crippen LogP contribution < -0.4 is 10.1 Å². The van der Waals surface area contributed by atoms with Gasteiger partial charge in [0.25, 0.3) is 5.91 Å². The van der Waals surface area contributed by atoms with E-state index in [0.29, 0.717) is 34.4 Å². The van der Waals surface area contributed by atoms with Crippen molar-refractivity contribution in [2.24, 2.45) is 7.05 Å². The maximum atomic E-state index is 12.2. The molecular weight excluding hydrogens is 322 g/mol. The number of nitrogens with one attached hydrogen (secondary N) is 1. The smallest absolute Gasteiger partial charge is 0.268 e. The highest BCUT2D eigenvalue weighted by Crippen LogP contribution is 2.31. The zero-order chi connectivity index (χ0) is 18.0. The molecule has 7 heteroatoms. The number of aryl methyl sites for hydroxylation is 2. The van der Waals surface area contributed by atoms with Crippen LogP contribution in [0.1, 0.15) is 21.9 Å². The van der Waals surface area contributed by atoms with Crippen molar-refractivity contribution in [1.82, 2.24) is 14.9 Å². The van der Waals surface area contributed by atoms with Gasteiger partial charge in [0.2, 0.25) is 5.89 Å². The minimum Gasteiger partial charge on any atom is -0.504 e. The van der Waals surface area contributed by atoms with Gasteiger partial charge in [0.15, 0.2) is 11.5 Å². The molecule has 0 atom stereocenters. The van der Waals surface area contributed by atoms with Gasteiger partial charge in [0.05, 0.1) is 13.7 Å². The normalized spacial score (nSPS) is 10.7. The number of amides is 1. The minimum atomic E-state index is -0.178. The van der Waals surface area contributed by atoms with Gasteiger partial charge in [0.1, 0.15) is 17.1 Å². The molecule has 0 saturated carbocycles. The maximum Gasteiger partial charge on any atom is 0.268 e. The zero-order valence-corrected chi connectivity index (χ0v) is 14.2. The van der Waals surface area contributed by atoms with Gasteiger partial charge in [-0.05, 0) is 37.3 Å². The van der Waals surface area contributed by atoms with Crippen LogP contribution in [0.5, 0.6) is 11.5 Å². The highest BCUT2D eigenvalue weighted by Gasteiger charge is 2.15. The first-order chi connectivity index (χ1) is 12.0. The number of rotatable bonds is 5. The first-order valence-electron chi connectivity index (χ1n) is 7.73. The monoisotopic (exact) mass is 341 g/mol. The minimum absolute atomic E-state index is 0.0459. The van der Waals surface area contributed by atoms with Gasteiger partial charge in [-0.25, -0.2) is 4.98 Å². The Bertz CT molecular complexity index is 911. The fraction of sp³-hybridized carbons (Fsp3) is 0.222. The van der Waals surface area contributed by atoms with Gasteiger partial charge >= 0.3 is 0 Å². The van der Waals surface area contributed by atoms with Crippen molar-refractivity contribution in [3.8, 4) is 23.0 Å². The Morgan fingerprint density at radius 3 is 2.88 bits per heavy atom. The van der Waals surface area contributed by atoms with Crippen LogP contribution in [0.4, 0.5) is 0 Å². The molecule has 3 rings (SSSR count). The number of nitrogens with zero attached hydrogens (tertiary/aromatic N) is 2. The molecule has 1 amide bonds. The Kier molecular flexibility index (Phi) is 4.47. The van der Waals surface area contributed by atoms with E-state index < -0.39 is 0 Å². The van der Waals surface area contributed by atoms with Crippen molar-refractivity contribution in [2.75, 3.05) is 7.11 Å². The van der Waals surface area contributed by atoms with E-state index >= 15 is 0 Å². The highest BCUT2D eigenvalue weighted by atomic mass is 16.5. The predicted octanol–water partition coefficient (Wildman–Crippen LogP) is 2.63. The lowest BCUT2D eigenvalue weighted by molar-refractivity contribution is 0.0942. The van der Waals surface area contributed by atoms with E-state index in [-0.39, 0.29) is 18.2 Å². The van der Waals surface area contributed by atoms with Gasteiger partial charge in [0, 0.05) is 18.8 Å². The van der Waals surface area contributed by atoms with E-state index in [1.54, 1.807) is 29.7 Å². The molecule has 7 nitrogen and oxygen atoms in total. The summed E-state index contributed by atoms with van der Waals surface area (Å²) in [5.41, 5.74) is 1.90. The summed E-state index contributed by atoms with van der Waals surface area (Å²) in [4.78, 5) is 16.6. The van der Waals surface area contributed by atoms with Crippen molar-refractivity contribution in [3.05, 3.63) is 53.7 Å². The van der Waals surface area contributed by atoms with Crippen molar-refractivity contribution < 1.29 is 19.1 Å². The molecular formula is C18H19N3O4. The molecule has 2 aromatic heterocycles. The van der Waals surface area contributed by atoms with E-state index in [9.17, 15) is 9.90 Å². The number of phenols is 1. The van der Waals surface area contributed by atoms with Crippen LogP contribution >= 0.6 is 0 Å². The number of ether oxygens (including phenoxy) is 1. The second-order valence-electron chi connectivity index (χ2n) is 5.60. The van der Waals surface area contributed by atoms with Crippen molar-refractivity contribution >= 4 is 5.91 Å². The number of carbonyl (C=O) groups excluding carboxylic acids is 1. The Hall–Kier alpha value is -3.22. The predicted molar refractivity (Wildman–Crippen MR) is 91.5 cm³/mol. The number of aromatic nitrogens is 2. The second kappa shape index (κ2) is 6.72. The average Bonchev–Trinajstić information content (AvgIpc) is 3.19. The number of benzene rings is 1. The van der Waals surface area contributed by atoms with Crippen LogP contribution in [0, 0.1) is 6.92 Å². The zero-order valence-electron chi connectivity index (χ0n) is 14.2. The number of carbonyl (C=O) groups is 1. The lowest BCUT2D eigenvalue weighted by Crippen LogP contribution is -2.25. The van der Waals surface area contributed by atoms with Gasteiger partial charge in [-0.3, -0.25) is 4.79 Å². The van der Waals surface area contributed by atoms with Crippen molar-refractivity contribution in [3.63, 3.8) is 0 Å². The largest absolute Gasteiger partial charge is 0.504 e. The fourth-order valence-electron chi connectivity index (χ4n) is 2.48. The number of oxazole rings is 1. The summed E-state index contributed by atoms with van der Waals surface area (Å²) in [6.07, 6.45) is 1.81. The molecule has 25 heavy (non-hydrogen) atoms. The third-order valence-corrected chi connectivity index (χ3v) is 3.91. The Morgan fingerprint density at radius 1 is 1.40 bits per heavy atom. The van der Waals surface area contributed by atoms with Crippen molar-refractivity contribution in [1.29, 1.82) is 0 Å². The van der Waals surface area contributed by atoms with Crippen molar-refractivity contribution in [2.45, 2.75) is 13.5 Å².